The average Bonchev–Trinajstić information content (AvgIpc) is 2.47. The molecular weight excluding hydrogens is 186 g/mol. The van der Waals surface area contributed by atoms with Gasteiger partial charge in [0.15, 0.2) is 0 Å². The molecule has 0 aliphatic carbocycles. The van der Waals surface area contributed by atoms with Crippen LogP contribution in [-0.4, -0.2) is 55.0 Å². The summed E-state index contributed by atoms with van der Waals surface area (Å²) in [6.45, 7) is 2.67. The monoisotopic (exact) mass is 204 g/mol. The Morgan fingerprint density at radius 1 is 1.14 bits per heavy atom. The summed E-state index contributed by atoms with van der Waals surface area (Å²) in [6.07, 6.45) is 2.15. The third-order valence-electron chi connectivity index (χ3n) is 3.40. The Kier molecular flexibility index (Phi) is 2.75. The minimum Gasteiger partial charge on any atom is -0.306 e. The first-order chi connectivity index (χ1) is 6.57. The summed E-state index contributed by atoms with van der Waals surface area (Å²) in [4.78, 5) is 4.25. The maximum atomic E-state index is 13.0. The Hall–Kier alpha value is -0.220. The van der Waals surface area contributed by atoms with Crippen LogP contribution in [0.25, 0.3) is 0 Å². The fraction of sp³-hybridized carbons (Fsp3) is 1.00. The van der Waals surface area contributed by atoms with Gasteiger partial charge in [0, 0.05) is 19.0 Å². The van der Waals surface area contributed by atoms with Crippen LogP contribution in [0.4, 0.5) is 8.78 Å². The summed E-state index contributed by atoms with van der Waals surface area (Å²) in [5.41, 5.74) is 0. The van der Waals surface area contributed by atoms with E-state index in [1.165, 1.54) is 0 Å². The van der Waals surface area contributed by atoms with Crippen molar-refractivity contribution < 1.29 is 8.78 Å². The number of likely N-dealkylation sites (tertiary alicyclic amines) is 2. The van der Waals surface area contributed by atoms with E-state index in [1.54, 1.807) is 0 Å². The molecule has 0 bridgehead atoms. The molecule has 14 heavy (non-hydrogen) atoms. The minimum absolute atomic E-state index is 0.0125. The van der Waals surface area contributed by atoms with Gasteiger partial charge in [-0.2, -0.15) is 0 Å². The van der Waals surface area contributed by atoms with Crippen LogP contribution in [0, 0.1) is 0 Å². The van der Waals surface area contributed by atoms with Crippen molar-refractivity contribution in [3.05, 3.63) is 0 Å². The maximum Gasteiger partial charge on any atom is 0.261 e. The molecule has 2 aliphatic rings. The highest BCUT2D eigenvalue weighted by molar-refractivity contribution is 4.88. The molecule has 4 heteroatoms. The second kappa shape index (κ2) is 3.74. The van der Waals surface area contributed by atoms with E-state index in [2.05, 4.69) is 11.9 Å². The summed E-state index contributed by atoms with van der Waals surface area (Å²) >= 11 is 0. The van der Waals surface area contributed by atoms with Crippen LogP contribution >= 0.6 is 0 Å². The van der Waals surface area contributed by atoms with E-state index < -0.39 is 5.92 Å². The zero-order valence-electron chi connectivity index (χ0n) is 8.68. The first-order valence-corrected chi connectivity index (χ1v) is 5.37. The van der Waals surface area contributed by atoms with Crippen LogP contribution in [0.1, 0.15) is 19.3 Å². The number of hydrogen-bond acceptors (Lipinski definition) is 2. The van der Waals surface area contributed by atoms with Gasteiger partial charge in [0.05, 0.1) is 6.54 Å². The highest BCUT2D eigenvalue weighted by atomic mass is 19.3. The van der Waals surface area contributed by atoms with E-state index in [9.17, 15) is 8.78 Å². The van der Waals surface area contributed by atoms with Gasteiger partial charge in [-0.15, -0.1) is 0 Å². The molecule has 2 rings (SSSR count). The van der Waals surface area contributed by atoms with E-state index in [4.69, 9.17) is 0 Å². The predicted octanol–water partition coefficient (Wildman–Crippen LogP) is 1.42. The second-order valence-electron chi connectivity index (χ2n) is 4.61. The average molecular weight is 204 g/mol. The molecule has 0 radical (unpaired) electrons. The van der Waals surface area contributed by atoms with Gasteiger partial charge in [-0.25, -0.2) is 8.78 Å². The predicted molar refractivity (Wildman–Crippen MR) is 51.7 cm³/mol. The molecule has 0 spiro atoms. The Morgan fingerprint density at radius 3 is 2.29 bits per heavy atom. The molecular formula is C10H18F2N2. The number of hydrogen-bond donors (Lipinski definition) is 0. The quantitative estimate of drug-likeness (QED) is 0.637. The molecule has 0 amide bonds. The third kappa shape index (κ3) is 2.23. The zero-order valence-corrected chi connectivity index (χ0v) is 8.68. The highest BCUT2D eigenvalue weighted by Gasteiger charge is 2.41. The van der Waals surface area contributed by atoms with E-state index in [-0.39, 0.29) is 13.0 Å². The van der Waals surface area contributed by atoms with Crippen LogP contribution in [0.3, 0.4) is 0 Å². The third-order valence-corrected chi connectivity index (χ3v) is 3.40. The Morgan fingerprint density at radius 2 is 1.79 bits per heavy atom. The molecule has 0 saturated carbocycles. The summed E-state index contributed by atoms with van der Waals surface area (Å²) in [5.74, 6) is -2.43. The van der Waals surface area contributed by atoms with E-state index in [1.807, 2.05) is 4.90 Å². The fourth-order valence-corrected chi connectivity index (χ4v) is 2.43. The van der Waals surface area contributed by atoms with Crippen molar-refractivity contribution >= 4 is 0 Å². The van der Waals surface area contributed by atoms with E-state index in [0.29, 0.717) is 12.6 Å². The molecule has 2 fully saturated rings. The molecule has 2 aliphatic heterocycles. The SMILES string of the molecule is CN1CCC(N2CCC(F)(F)C2)CC1. The smallest absolute Gasteiger partial charge is 0.261 e. The highest BCUT2D eigenvalue weighted by Crippen LogP contribution is 2.30. The minimum atomic E-state index is -2.43. The Labute approximate surface area is 83.9 Å². The fourth-order valence-electron chi connectivity index (χ4n) is 2.43. The largest absolute Gasteiger partial charge is 0.306 e. The summed E-state index contributed by atoms with van der Waals surface area (Å²) in [7, 11) is 2.09. The molecule has 2 saturated heterocycles. The van der Waals surface area contributed by atoms with Crippen molar-refractivity contribution in [2.24, 2.45) is 0 Å². The lowest BCUT2D eigenvalue weighted by Gasteiger charge is -2.34. The maximum absolute atomic E-state index is 13.0. The molecule has 0 aromatic heterocycles. The lowest BCUT2D eigenvalue weighted by atomic mass is 10.0. The van der Waals surface area contributed by atoms with E-state index in [0.717, 1.165) is 25.9 Å². The lowest BCUT2D eigenvalue weighted by molar-refractivity contribution is 0.00389. The number of halogens is 2. The Balaban J connectivity index is 1.85. The summed E-state index contributed by atoms with van der Waals surface area (Å²) in [6, 6.07) is 0.402. The normalized spacial score (nSPS) is 31.1. The molecule has 0 atom stereocenters. The van der Waals surface area contributed by atoms with Crippen LogP contribution in [0.15, 0.2) is 0 Å². The van der Waals surface area contributed by atoms with Gasteiger partial charge in [-0.05, 0) is 33.0 Å². The van der Waals surface area contributed by atoms with Crippen molar-refractivity contribution in [1.82, 2.24) is 9.80 Å². The zero-order chi connectivity index (χ0) is 10.2. The Bertz CT molecular complexity index is 200. The van der Waals surface area contributed by atoms with Gasteiger partial charge in [-0.3, -0.25) is 4.90 Å². The van der Waals surface area contributed by atoms with Crippen molar-refractivity contribution in [2.75, 3.05) is 33.2 Å². The van der Waals surface area contributed by atoms with Crippen molar-refractivity contribution in [1.29, 1.82) is 0 Å². The first-order valence-electron chi connectivity index (χ1n) is 5.37. The number of piperidine rings is 1. The van der Waals surface area contributed by atoms with Crippen molar-refractivity contribution in [2.45, 2.75) is 31.2 Å². The molecule has 82 valence electrons. The molecule has 2 nitrogen and oxygen atoms in total. The van der Waals surface area contributed by atoms with Crippen LogP contribution < -0.4 is 0 Å². The summed E-state index contributed by atoms with van der Waals surface area (Å²) in [5, 5.41) is 0. The standard InChI is InChI=1S/C10H18F2N2/c1-13-5-2-9(3-6-13)14-7-4-10(11,12)8-14/h9H,2-8H2,1H3. The topological polar surface area (TPSA) is 6.48 Å². The molecule has 2 heterocycles. The van der Waals surface area contributed by atoms with Gasteiger partial charge in [0.25, 0.3) is 5.92 Å². The van der Waals surface area contributed by atoms with Crippen LogP contribution in [-0.2, 0) is 0 Å². The van der Waals surface area contributed by atoms with Gasteiger partial charge in [-0.1, -0.05) is 0 Å². The van der Waals surface area contributed by atoms with Gasteiger partial charge in [0.2, 0.25) is 0 Å². The molecule has 0 unspecified atom stereocenters. The van der Waals surface area contributed by atoms with Crippen LogP contribution in [0.2, 0.25) is 0 Å². The van der Waals surface area contributed by atoms with Crippen molar-refractivity contribution in [3.8, 4) is 0 Å². The van der Waals surface area contributed by atoms with Gasteiger partial charge in [0.1, 0.15) is 0 Å². The molecule has 0 aromatic rings. The van der Waals surface area contributed by atoms with E-state index >= 15 is 0 Å². The number of alkyl halides is 2. The van der Waals surface area contributed by atoms with Gasteiger partial charge < -0.3 is 4.90 Å². The number of rotatable bonds is 1. The number of nitrogens with zero attached hydrogens (tertiary/aromatic N) is 2. The van der Waals surface area contributed by atoms with Gasteiger partial charge >= 0.3 is 0 Å². The molecule has 0 N–H and O–H groups in total. The molecule has 0 aromatic carbocycles. The second-order valence-corrected chi connectivity index (χ2v) is 4.61. The van der Waals surface area contributed by atoms with Crippen LogP contribution in [0.5, 0.6) is 0 Å². The van der Waals surface area contributed by atoms with Crippen molar-refractivity contribution in [3.63, 3.8) is 0 Å². The lowest BCUT2D eigenvalue weighted by Crippen LogP contribution is -2.43. The first kappa shape index (κ1) is 10.3. The summed E-state index contributed by atoms with van der Waals surface area (Å²) < 4.78 is 25.9.